The van der Waals surface area contributed by atoms with Gasteiger partial charge in [0.2, 0.25) is 17.7 Å². The first-order chi connectivity index (χ1) is 15.0. The summed E-state index contributed by atoms with van der Waals surface area (Å²) < 4.78 is 10.5. The highest BCUT2D eigenvalue weighted by atomic mass is 16.5. The number of hydrogen-bond donors (Lipinski definition) is 2. The first kappa shape index (κ1) is 21.6. The third-order valence-corrected chi connectivity index (χ3v) is 4.54. The van der Waals surface area contributed by atoms with Crippen molar-refractivity contribution in [3.05, 3.63) is 42.6 Å². The number of carbonyl (C=O) groups is 1. The van der Waals surface area contributed by atoms with Gasteiger partial charge < -0.3 is 25.1 Å². The lowest BCUT2D eigenvalue weighted by molar-refractivity contribution is -0.111. The van der Waals surface area contributed by atoms with Gasteiger partial charge >= 0.3 is 0 Å². The number of nitrogens with two attached hydrogens (primary N) is 1. The predicted molar refractivity (Wildman–Crippen MR) is 117 cm³/mol. The number of nitrogens with one attached hydrogen (secondary N) is 1. The number of hydrogen-bond acceptors (Lipinski definition) is 9. The summed E-state index contributed by atoms with van der Waals surface area (Å²) in [7, 11) is 1.42. The minimum atomic E-state index is -0.232. The zero-order chi connectivity index (χ0) is 22.2. The monoisotopic (exact) mass is 421 g/mol. The number of fused-ring (bicyclic) bond motifs is 1. The van der Waals surface area contributed by atoms with Crippen LogP contribution in [0.3, 0.4) is 0 Å². The molecule has 0 saturated carbocycles. The largest absolute Gasteiger partial charge is 0.480 e. The maximum Gasteiger partial charge on any atom is 0.298 e. The molecule has 0 radical (unpaired) electrons. The number of amides is 1. The van der Waals surface area contributed by atoms with Gasteiger partial charge in [0.15, 0.2) is 5.58 Å². The SMILES string of the molecule is C=CC(=O)Nc1ccc2oc(N3CCCCC3)nc2c1.COc1nc(N)ncc1C#N. The summed E-state index contributed by atoms with van der Waals surface area (Å²) in [6, 6.07) is 7.98. The highest BCUT2D eigenvalue weighted by Gasteiger charge is 2.16. The molecule has 0 aliphatic carbocycles. The summed E-state index contributed by atoms with van der Waals surface area (Å²) in [4.78, 5) is 25.3. The molecule has 10 heteroatoms. The maximum atomic E-state index is 11.3. The van der Waals surface area contributed by atoms with Gasteiger partial charge in [0.05, 0.1) is 13.3 Å². The lowest BCUT2D eigenvalue weighted by Crippen LogP contribution is -2.29. The molecule has 10 nitrogen and oxygen atoms in total. The molecule has 160 valence electrons. The number of ether oxygens (including phenoxy) is 1. The summed E-state index contributed by atoms with van der Waals surface area (Å²) in [6.07, 6.45) is 6.19. The van der Waals surface area contributed by atoms with Crippen molar-refractivity contribution in [2.75, 3.05) is 36.1 Å². The number of nitrogen functional groups attached to an aromatic ring is 1. The number of methoxy groups -OCH3 is 1. The Kier molecular flexibility index (Phi) is 7.01. The molecule has 31 heavy (non-hydrogen) atoms. The van der Waals surface area contributed by atoms with Crippen LogP contribution in [-0.2, 0) is 4.79 Å². The van der Waals surface area contributed by atoms with Crippen LogP contribution in [0.15, 0.2) is 41.5 Å². The van der Waals surface area contributed by atoms with Crippen molar-refractivity contribution in [2.45, 2.75) is 19.3 Å². The number of benzene rings is 1. The Hall–Kier alpha value is -4.13. The third kappa shape index (κ3) is 5.48. The lowest BCUT2D eigenvalue weighted by Gasteiger charge is -2.24. The molecule has 2 aromatic heterocycles. The van der Waals surface area contributed by atoms with Crippen LogP contribution in [0.2, 0.25) is 0 Å². The number of aromatic nitrogens is 3. The highest BCUT2D eigenvalue weighted by Crippen LogP contribution is 2.26. The van der Waals surface area contributed by atoms with Crippen molar-refractivity contribution in [2.24, 2.45) is 0 Å². The molecule has 1 amide bonds. The Morgan fingerprint density at radius 1 is 1.35 bits per heavy atom. The summed E-state index contributed by atoms with van der Waals surface area (Å²) in [5.41, 5.74) is 7.72. The molecule has 1 aromatic carbocycles. The van der Waals surface area contributed by atoms with Gasteiger partial charge in [0.25, 0.3) is 6.01 Å². The van der Waals surface area contributed by atoms with Crippen LogP contribution < -0.4 is 20.7 Å². The number of oxazole rings is 1. The van der Waals surface area contributed by atoms with Crippen LogP contribution in [0.25, 0.3) is 11.1 Å². The normalized spacial score (nSPS) is 13.0. The fraction of sp³-hybridized carbons (Fsp3) is 0.286. The smallest absolute Gasteiger partial charge is 0.298 e. The minimum absolute atomic E-state index is 0.0980. The zero-order valence-corrected chi connectivity index (χ0v) is 17.2. The molecule has 0 spiro atoms. The molecule has 1 aliphatic heterocycles. The zero-order valence-electron chi connectivity index (χ0n) is 17.2. The highest BCUT2D eigenvalue weighted by molar-refractivity contribution is 5.99. The van der Waals surface area contributed by atoms with E-state index >= 15 is 0 Å². The van der Waals surface area contributed by atoms with E-state index in [4.69, 9.17) is 20.1 Å². The summed E-state index contributed by atoms with van der Waals surface area (Å²) in [5, 5.41) is 11.2. The Morgan fingerprint density at radius 3 is 2.81 bits per heavy atom. The van der Waals surface area contributed by atoms with E-state index in [1.165, 1.54) is 38.6 Å². The molecular formula is C21H23N7O3. The van der Waals surface area contributed by atoms with Gasteiger partial charge in [-0.1, -0.05) is 6.58 Å². The fourth-order valence-electron chi connectivity index (χ4n) is 3.02. The molecule has 1 saturated heterocycles. The second kappa shape index (κ2) is 10.1. The average Bonchev–Trinajstić information content (AvgIpc) is 3.23. The first-order valence-electron chi connectivity index (χ1n) is 9.69. The third-order valence-electron chi connectivity index (χ3n) is 4.54. The van der Waals surface area contributed by atoms with Crippen LogP contribution in [0.5, 0.6) is 5.88 Å². The second-order valence-electron chi connectivity index (χ2n) is 6.68. The summed E-state index contributed by atoms with van der Waals surface area (Å²) in [6.45, 7) is 5.42. The van der Waals surface area contributed by atoms with Crippen molar-refractivity contribution in [3.63, 3.8) is 0 Å². The van der Waals surface area contributed by atoms with E-state index in [1.54, 1.807) is 6.07 Å². The van der Waals surface area contributed by atoms with E-state index in [0.717, 1.165) is 24.2 Å². The average molecular weight is 421 g/mol. The van der Waals surface area contributed by atoms with Gasteiger partial charge in [-0.3, -0.25) is 4.79 Å². The topological polar surface area (TPSA) is 143 Å². The first-order valence-corrected chi connectivity index (χ1v) is 9.69. The van der Waals surface area contributed by atoms with Gasteiger partial charge in [-0.25, -0.2) is 4.98 Å². The summed E-state index contributed by atoms with van der Waals surface area (Å²) >= 11 is 0. The van der Waals surface area contributed by atoms with Crippen LogP contribution >= 0.6 is 0 Å². The molecular weight excluding hydrogens is 398 g/mol. The Bertz CT molecular complexity index is 1110. The molecule has 3 heterocycles. The van der Waals surface area contributed by atoms with E-state index in [9.17, 15) is 4.79 Å². The van der Waals surface area contributed by atoms with Crippen molar-refractivity contribution in [3.8, 4) is 11.9 Å². The van der Waals surface area contributed by atoms with E-state index < -0.39 is 0 Å². The van der Waals surface area contributed by atoms with E-state index in [1.807, 2.05) is 18.2 Å². The molecule has 4 rings (SSSR count). The van der Waals surface area contributed by atoms with Gasteiger partial charge in [0.1, 0.15) is 17.1 Å². The molecule has 3 aromatic rings. The Labute approximate surface area is 179 Å². The Morgan fingerprint density at radius 2 is 2.13 bits per heavy atom. The van der Waals surface area contributed by atoms with Crippen molar-refractivity contribution in [1.82, 2.24) is 15.0 Å². The van der Waals surface area contributed by atoms with Gasteiger partial charge in [-0.15, -0.1) is 0 Å². The fourth-order valence-corrected chi connectivity index (χ4v) is 3.02. The quantitative estimate of drug-likeness (QED) is 0.608. The molecule has 0 atom stereocenters. The summed E-state index contributed by atoms with van der Waals surface area (Å²) in [5.74, 6) is 0.0740. The van der Waals surface area contributed by atoms with Crippen LogP contribution in [0.1, 0.15) is 24.8 Å². The minimum Gasteiger partial charge on any atom is -0.480 e. The van der Waals surface area contributed by atoms with E-state index in [0.29, 0.717) is 11.7 Å². The number of anilines is 3. The van der Waals surface area contributed by atoms with Crippen molar-refractivity contribution in [1.29, 1.82) is 5.26 Å². The van der Waals surface area contributed by atoms with Crippen LogP contribution in [0, 0.1) is 11.3 Å². The Balaban J connectivity index is 0.000000210. The van der Waals surface area contributed by atoms with Gasteiger partial charge in [0, 0.05) is 18.8 Å². The number of rotatable bonds is 4. The number of nitrogens with zero attached hydrogens (tertiary/aromatic N) is 5. The van der Waals surface area contributed by atoms with E-state index in [-0.39, 0.29) is 23.3 Å². The van der Waals surface area contributed by atoms with Gasteiger partial charge in [-0.2, -0.15) is 15.2 Å². The standard InChI is InChI=1S/C15H17N3O2.C6H6N4O/c1-2-14(19)16-11-6-7-13-12(10-11)17-15(20-13)18-8-4-3-5-9-18;1-11-5-4(2-7)3-9-6(8)10-5/h2,6-7,10H,1,3-5,8-9H2,(H,16,19);3H,1H3,(H2,8,9,10). The lowest BCUT2D eigenvalue weighted by atomic mass is 10.1. The van der Waals surface area contributed by atoms with Crippen molar-refractivity contribution < 1.29 is 13.9 Å². The van der Waals surface area contributed by atoms with Crippen LogP contribution in [-0.4, -0.2) is 41.1 Å². The van der Waals surface area contributed by atoms with E-state index in [2.05, 4.69) is 31.7 Å². The van der Waals surface area contributed by atoms with Crippen LogP contribution in [0.4, 0.5) is 17.7 Å². The van der Waals surface area contributed by atoms with Gasteiger partial charge in [-0.05, 0) is 43.5 Å². The second-order valence-corrected chi connectivity index (χ2v) is 6.68. The molecule has 3 N–H and O–H groups in total. The molecule has 1 fully saturated rings. The predicted octanol–water partition coefficient (Wildman–Crippen LogP) is 2.88. The molecule has 0 bridgehead atoms. The number of piperidine rings is 1. The number of nitriles is 1. The maximum absolute atomic E-state index is 11.3. The molecule has 0 unspecified atom stereocenters. The van der Waals surface area contributed by atoms with Crippen molar-refractivity contribution >= 4 is 34.7 Å². The molecule has 1 aliphatic rings. The number of carbonyl (C=O) groups excluding carboxylic acids is 1.